The van der Waals surface area contributed by atoms with E-state index < -0.39 is 0 Å². The molecule has 1 saturated heterocycles. The van der Waals surface area contributed by atoms with Gasteiger partial charge in [-0.05, 0) is 56.0 Å². The van der Waals surface area contributed by atoms with Crippen molar-refractivity contribution in [1.29, 1.82) is 0 Å². The van der Waals surface area contributed by atoms with Gasteiger partial charge >= 0.3 is 0 Å². The highest BCUT2D eigenvalue weighted by Crippen LogP contribution is 2.53. The second kappa shape index (κ2) is 4.83. The fourth-order valence-corrected chi connectivity index (χ4v) is 3.37. The molecule has 2 aliphatic rings. The zero-order valence-corrected chi connectivity index (χ0v) is 12.4. The lowest BCUT2D eigenvalue weighted by molar-refractivity contribution is -0.125. The summed E-state index contributed by atoms with van der Waals surface area (Å²) in [6, 6.07) is 12.8. The van der Waals surface area contributed by atoms with Crippen LogP contribution in [0.4, 0.5) is 5.69 Å². The topological polar surface area (TPSA) is 42.3 Å². The van der Waals surface area contributed by atoms with E-state index in [0.29, 0.717) is 0 Å². The fraction of sp³-hybridized carbons (Fsp3) is 0.333. The number of pyridine rings is 1. The van der Waals surface area contributed by atoms with Crippen molar-refractivity contribution < 1.29 is 4.79 Å². The Morgan fingerprint density at radius 2 is 1.59 bits per heavy atom. The average Bonchev–Trinajstić information content (AvgIpc) is 3.32. The van der Waals surface area contributed by atoms with E-state index in [9.17, 15) is 9.59 Å². The monoisotopic (exact) mass is 294 g/mol. The lowest BCUT2D eigenvalue weighted by Crippen LogP contribution is -2.42. The van der Waals surface area contributed by atoms with Crippen molar-refractivity contribution in [1.82, 2.24) is 4.57 Å². The summed E-state index contributed by atoms with van der Waals surface area (Å²) < 4.78 is 1.60. The normalized spacial score (nSPS) is 19.5. The minimum Gasteiger partial charge on any atom is -0.312 e. The number of nitrogens with zero attached hydrogens (tertiary/aromatic N) is 2. The molecule has 1 aliphatic carbocycles. The maximum Gasteiger partial charge on any atom is 0.255 e. The van der Waals surface area contributed by atoms with Crippen LogP contribution in [0.2, 0.25) is 0 Å². The molecule has 2 heterocycles. The minimum atomic E-state index is -0.0544. The van der Waals surface area contributed by atoms with Crippen LogP contribution in [-0.4, -0.2) is 17.0 Å². The van der Waals surface area contributed by atoms with E-state index in [1.807, 2.05) is 35.2 Å². The molecule has 1 aromatic heterocycles. The van der Waals surface area contributed by atoms with Crippen molar-refractivity contribution in [3.05, 3.63) is 59.0 Å². The van der Waals surface area contributed by atoms with Gasteiger partial charge in [-0.3, -0.25) is 14.2 Å². The number of aromatic nitrogens is 1. The molecule has 0 N–H and O–H groups in total. The summed E-state index contributed by atoms with van der Waals surface area (Å²) in [5.41, 5.74) is 1.65. The third-order valence-electron chi connectivity index (χ3n) is 4.85. The van der Waals surface area contributed by atoms with Gasteiger partial charge in [0.1, 0.15) is 0 Å². The number of carbonyl (C=O) groups excluding carboxylic acids is 1. The van der Waals surface area contributed by atoms with Crippen molar-refractivity contribution in [3.63, 3.8) is 0 Å². The van der Waals surface area contributed by atoms with E-state index >= 15 is 0 Å². The van der Waals surface area contributed by atoms with E-state index in [1.165, 1.54) is 0 Å². The number of rotatable bonds is 2. The summed E-state index contributed by atoms with van der Waals surface area (Å²) in [5, 5.41) is 0. The quantitative estimate of drug-likeness (QED) is 0.854. The summed E-state index contributed by atoms with van der Waals surface area (Å²) in [4.78, 5) is 26.4. The lowest BCUT2D eigenvalue weighted by atomic mass is 9.93. The molecule has 0 atom stereocenters. The van der Waals surface area contributed by atoms with Gasteiger partial charge in [-0.1, -0.05) is 6.07 Å². The van der Waals surface area contributed by atoms with E-state index in [2.05, 4.69) is 0 Å². The molecule has 4 heteroatoms. The van der Waals surface area contributed by atoms with Crippen LogP contribution in [0.1, 0.15) is 25.7 Å². The summed E-state index contributed by atoms with van der Waals surface area (Å²) in [6.45, 7) is 0.797. The molecular weight excluding hydrogens is 276 g/mol. The summed E-state index contributed by atoms with van der Waals surface area (Å²) in [7, 11) is 0. The van der Waals surface area contributed by atoms with Crippen LogP contribution in [0.25, 0.3) is 5.69 Å². The molecule has 0 bridgehead atoms. The highest BCUT2D eigenvalue weighted by molar-refractivity contribution is 6.00. The van der Waals surface area contributed by atoms with Crippen LogP contribution >= 0.6 is 0 Å². The first-order valence-corrected chi connectivity index (χ1v) is 7.80. The highest BCUT2D eigenvalue weighted by atomic mass is 16.2. The minimum absolute atomic E-state index is 0.0483. The van der Waals surface area contributed by atoms with Gasteiger partial charge in [0.2, 0.25) is 5.91 Å². The fourth-order valence-electron chi connectivity index (χ4n) is 3.37. The second-order valence-corrected chi connectivity index (χ2v) is 6.27. The summed E-state index contributed by atoms with van der Waals surface area (Å²) in [5.74, 6) is 0.281. The first kappa shape index (κ1) is 13.3. The van der Waals surface area contributed by atoms with Crippen molar-refractivity contribution in [2.45, 2.75) is 25.7 Å². The summed E-state index contributed by atoms with van der Waals surface area (Å²) in [6.07, 6.45) is 5.95. The molecule has 1 spiro atoms. The van der Waals surface area contributed by atoms with Gasteiger partial charge < -0.3 is 4.90 Å². The van der Waals surface area contributed by atoms with Gasteiger partial charge in [0.15, 0.2) is 0 Å². The predicted octanol–water partition coefficient (Wildman–Crippen LogP) is 2.74. The van der Waals surface area contributed by atoms with Gasteiger partial charge in [-0.25, -0.2) is 0 Å². The van der Waals surface area contributed by atoms with E-state index in [4.69, 9.17) is 0 Å². The van der Waals surface area contributed by atoms with Crippen LogP contribution < -0.4 is 10.5 Å². The van der Waals surface area contributed by atoms with Gasteiger partial charge in [0, 0.05) is 35.6 Å². The highest BCUT2D eigenvalue weighted by Gasteiger charge is 2.53. The number of piperidine rings is 1. The molecule has 1 aliphatic heterocycles. The molecular formula is C18H18N2O2. The Morgan fingerprint density at radius 1 is 0.864 bits per heavy atom. The Morgan fingerprint density at radius 3 is 2.27 bits per heavy atom. The molecule has 22 heavy (non-hydrogen) atoms. The number of carbonyl (C=O) groups is 1. The Hall–Kier alpha value is -2.36. The lowest BCUT2D eigenvalue weighted by Gasteiger charge is -2.32. The van der Waals surface area contributed by atoms with Gasteiger partial charge in [-0.2, -0.15) is 0 Å². The Bertz CT molecular complexity index is 772. The molecule has 112 valence electrons. The van der Waals surface area contributed by atoms with Crippen LogP contribution in [-0.2, 0) is 4.79 Å². The second-order valence-electron chi connectivity index (χ2n) is 6.27. The van der Waals surface area contributed by atoms with Crippen LogP contribution in [0.15, 0.2) is 53.5 Å². The molecule has 1 aromatic carbocycles. The third kappa shape index (κ3) is 2.06. The SMILES string of the molecule is O=C1N(c2ccc(-n3ccccc3=O)cc2)CCCC12CC2. The maximum absolute atomic E-state index is 12.6. The molecule has 2 aromatic rings. The summed E-state index contributed by atoms with van der Waals surface area (Å²) >= 11 is 0. The van der Waals surface area contributed by atoms with Crippen LogP contribution in [0.5, 0.6) is 0 Å². The first-order valence-electron chi connectivity index (χ1n) is 7.80. The molecule has 1 saturated carbocycles. The van der Waals surface area contributed by atoms with Crippen LogP contribution in [0.3, 0.4) is 0 Å². The zero-order valence-electron chi connectivity index (χ0n) is 12.4. The average molecular weight is 294 g/mol. The molecule has 1 amide bonds. The molecule has 2 fully saturated rings. The Labute approximate surface area is 129 Å². The Kier molecular flexibility index (Phi) is 2.93. The van der Waals surface area contributed by atoms with E-state index in [-0.39, 0.29) is 16.9 Å². The van der Waals surface area contributed by atoms with Gasteiger partial charge in [-0.15, -0.1) is 0 Å². The van der Waals surface area contributed by atoms with Crippen molar-refractivity contribution >= 4 is 11.6 Å². The zero-order chi connectivity index (χ0) is 15.2. The smallest absolute Gasteiger partial charge is 0.255 e. The first-order chi connectivity index (χ1) is 10.7. The van der Waals surface area contributed by atoms with E-state index in [1.54, 1.807) is 22.9 Å². The molecule has 4 nitrogen and oxygen atoms in total. The maximum atomic E-state index is 12.6. The Balaban J connectivity index is 1.64. The standard InChI is InChI=1S/C18H18N2O2/c21-16-4-1-2-12-19(16)14-5-7-15(8-6-14)20-13-3-9-18(10-11-18)17(20)22/h1-2,4-8,12H,3,9-11,13H2. The van der Waals surface area contributed by atoms with Crippen molar-refractivity contribution in [2.24, 2.45) is 5.41 Å². The molecule has 4 rings (SSSR count). The number of hydrogen-bond donors (Lipinski definition) is 0. The van der Waals surface area contributed by atoms with Gasteiger partial charge in [0.05, 0.1) is 0 Å². The molecule has 0 unspecified atom stereocenters. The number of benzene rings is 1. The van der Waals surface area contributed by atoms with Crippen molar-refractivity contribution in [2.75, 3.05) is 11.4 Å². The largest absolute Gasteiger partial charge is 0.312 e. The number of anilines is 1. The van der Waals surface area contributed by atoms with Gasteiger partial charge in [0.25, 0.3) is 5.56 Å². The third-order valence-corrected chi connectivity index (χ3v) is 4.85. The molecule has 0 radical (unpaired) electrons. The van der Waals surface area contributed by atoms with E-state index in [0.717, 1.165) is 43.6 Å². The number of amides is 1. The van der Waals surface area contributed by atoms with Crippen molar-refractivity contribution in [3.8, 4) is 5.69 Å². The van der Waals surface area contributed by atoms with Crippen LogP contribution in [0, 0.1) is 5.41 Å². The number of hydrogen-bond acceptors (Lipinski definition) is 2. The predicted molar refractivity (Wildman–Crippen MR) is 85.3 cm³/mol.